The fraction of sp³-hybridized carbons (Fsp3) is 0.591. The van der Waals surface area contributed by atoms with E-state index in [2.05, 4.69) is 36.1 Å². The molecule has 0 bridgehead atoms. The number of nitrogens with one attached hydrogen (secondary N) is 2. The van der Waals surface area contributed by atoms with Crippen LogP contribution in [0.15, 0.2) is 36.9 Å². The Hall–Kier alpha value is -2.25. The molecule has 4 heterocycles. The van der Waals surface area contributed by atoms with Crippen LogP contribution >= 0.6 is 0 Å². The van der Waals surface area contributed by atoms with Gasteiger partial charge in [-0.1, -0.05) is 6.07 Å². The molecular formula is C22H32N6O. The lowest BCUT2D eigenvalue weighted by atomic mass is 9.93. The lowest BCUT2D eigenvalue weighted by Gasteiger charge is -2.42. The quantitative estimate of drug-likeness (QED) is 0.747. The maximum absolute atomic E-state index is 12.6. The maximum Gasteiger partial charge on any atom is 0.224 e. The number of carbonyl (C=O) groups is 1. The summed E-state index contributed by atoms with van der Waals surface area (Å²) in [6, 6.07) is 4.77. The molecule has 7 nitrogen and oxygen atoms in total. The lowest BCUT2D eigenvalue weighted by Crippen LogP contribution is -2.50. The van der Waals surface area contributed by atoms with E-state index in [0.717, 1.165) is 57.8 Å². The molecule has 2 fully saturated rings. The van der Waals surface area contributed by atoms with Gasteiger partial charge in [-0.2, -0.15) is 0 Å². The van der Waals surface area contributed by atoms with Gasteiger partial charge in [0.05, 0.1) is 5.92 Å². The second-order valence-electron chi connectivity index (χ2n) is 8.28. The summed E-state index contributed by atoms with van der Waals surface area (Å²) >= 11 is 0. The lowest BCUT2D eigenvalue weighted by molar-refractivity contribution is -0.127. The molecule has 0 radical (unpaired) electrons. The number of aromatic nitrogens is 3. The third-order valence-corrected chi connectivity index (χ3v) is 6.24. The first kappa shape index (κ1) is 20.0. The van der Waals surface area contributed by atoms with Crippen LogP contribution in [0, 0.1) is 5.92 Å². The van der Waals surface area contributed by atoms with Gasteiger partial charge in [0.25, 0.3) is 0 Å². The molecule has 2 N–H and O–H groups in total. The van der Waals surface area contributed by atoms with Crippen LogP contribution in [0.2, 0.25) is 0 Å². The minimum atomic E-state index is 0.119. The summed E-state index contributed by atoms with van der Waals surface area (Å²) in [6.45, 7) is 5.91. The maximum atomic E-state index is 12.6. The minimum Gasteiger partial charge on any atom is -0.355 e. The van der Waals surface area contributed by atoms with Crippen molar-refractivity contribution in [3.05, 3.63) is 48.3 Å². The van der Waals surface area contributed by atoms with Gasteiger partial charge in [-0.3, -0.25) is 19.6 Å². The Morgan fingerprint density at radius 2 is 2.10 bits per heavy atom. The number of amides is 1. The normalized spacial score (nSPS) is 21.9. The molecule has 2 aliphatic heterocycles. The van der Waals surface area contributed by atoms with Gasteiger partial charge in [0.15, 0.2) is 0 Å². The van der Waals surface area contributed by atoms with E-state index in [4.69, 9.17) is 0 Å². The van der Waals surface area contributed by atoms with Crippen molar-refractivity contribution < 1.29 is 4.79 Å². The number of hydrogen-bond acceptors (Lipinski definition) is 5. The van der Waals surface area contributed by atoms with E-state index in [9.17, 15) is 4.79 Å². The minimum absolute atomic E-state index is 0.119. The Labute approximate surface area is 172 Å². The molecule has 0 saturated carbocycles. The number of imidazole rings is 1. The van der Waals surface area contributed by atoms with Crippen molar-refractivity contribution in [2.45, 2.75) is 44.7 Å². The Morgan fingerprint density at radius 3 is 2.86 bits per heavy atom. The van der Waals surface area contributed by atoms with Gasteiger partial charge in [-0.05, 0) is 56.9 Å². The number of H-pyrrole nitrogens is 1. The summed E-state index contributed by atoms with van der Waals surface area (Å²) in [7, 11) is 0. The van der Waals surface area contributed by atoms with E-state index in [0.29, 0.717) is 12.6 Å². The molecule has 1 amide bonds. The Bertz CT molecular complexity index is 742. The summed E-state index contributed by atoms with van der Waals surface area (Å²) in [5.41, 5.74) is 1.29. The zero-order chi connectivity index (χ0) is 19.9. The van der Waals surface area contributed by atoms with E-state index < -0.39 is 0 Å². The predicted molar refractivity (Wildman–Crippen MR) is 112 cm³/mol. The van der Waals surface area contributed by atoms with Gasteiger partial charge in [-0.25, -0.2) is 4.98 Å². The van der Waals surface area contributed by atoms with Crippen molar-refractivity contribution in [1.82, 2.24) is 30.1 Å². The fourth-order valence-corrected chi connectivity index (χ4v) is 4.63. The number of aromatic amines is 1. The molecule has 2 aromatic rings. The topological polar surface area (TPSA) is 77.2 Å². The zero-order valence-corrected chi connectivity index (χ0v) is 17.1. The summed E-state index contributed by atoms with van der Waals surface area (Å²) in [5, 5.41) is 3.11. The van der Waals surface area contributed by atoms with E-state index in [1.165, 1.54) is 18.4 Å². The third-order valence-electron chi connectivity index (χ3n) is 6.24. The fourth-order valence-electron chi connectivity index (χ4n) is 4.63. The first-order chi connectivity index (χ1) is 14.3. The molecule has 0 spiro atoms. The second-order valence-corrected chi connectivity index (χ2v) is 8.28. The van der Waals surface area contributed by atoms with Crippen molar-refractivity contribution in [3.8, 4) is 0 Å². The number of nitrogens with zero attached hydrogens (tertiary/aromatic N) is 4. The number of pyridine rings is 1. The van der Waals surface area contributed by atoms with E-state index in [1.807, 2.05) is 24.7 Å². The molecule has 29 heavy (non-hydrogen) atoms. The SMILES string of the molecule is O=C(NCCc1ncc[nH]1)[C@@H]1CCCN(C2CCN(Cc3cccnc3)CC2)C1. The average molecular weight is 397 g/mol. The molecule has 156 valence electrons. The molecule has 4 rings (SSSR count). The van der Waals surface area contributed by atoms with Gasteiger partial charge in [-0.15, -0.1) is 0 Å². The number of piperidine rings is 2. The van der Waals surface area contributed by atoms with Crippen LogP contribution in [0.5, 0.6) is 0 Å². The van der Waals surface area contributed by atoms with Crippen molar-refractivity contribution in [1.29, 1.82) is 0 Å². The number of rotatable bonds is 7. The van der Waals surface area contributed by atoms with Gasteiger partial charge in [0, 0.05) is 56.9 Å². The Morgan fingerprint density at radius 1 is 1.21 bits per heavy atom. The summed E-state index contributed by atoms with van der Waals surface area (Å²) in [6.07, 6.45) is 12.6. The zero-order valence-electron chi connectivity index (χ0n) is 17.1. The Balaban J connectivity index is 1.20. The predicted octanol–water partition coefficient (Wildman–Crippen LogP) is 1.84. The average Bonchev–Trinajstić information content (AvgIpc) is 3.29. The van der Waals surface area contributed by atoms with Crippen LogP contribution in [0.25, 0.3) is 0 Å². The number of carbonyl (C=O) groups excluding carboxylic acids is 1. The Kier molecular flexibility index (Phi) is 6.90. The van der Waals surface area contributed by atoms with Crippen LogP contribution < -0.4 is 5.32 Å². The highest BCUT2D eigenvalue weighted by Crippen LogP contribution is 2.24. The van der Waals surface area contributed by atoms with E-state index in [1.54, 1.807) is 6.20 Å². The van der Waals surface area contributed by atoms with Crippen molar-refractivity contribution >= 4 is 5.91 Å². The van der Waals surface area contributed by atoms with Crippen LogP contribution in [-0.4, -0.2) is 69.4 Å². The van der Waals surface area contributed by atoms with Crippen molar-refractivity contribution in [2.75, 3.05) is 32.7 Å². The first-order valence-electron chi connectivity index (χ1n) is 10.9. The molecule has 7 heteroatoms. The van der Waals surface area contributed by atoms with E-state index in [-0.39, 0.29) is 11.8 Å². The standard InChI is InChI=1S/C22H32N6O/c29-22(26-9-5-21-24-10-11-25-21)19-4-2-12-28(17-19)20-6-13-27(14-7-20)16-18-3-1-8-23-15-18/h1,3,8,10-11,15,19-20H,2,4-7,9,12-14,16-17H2,(H,24,25)(H,26,29)/t19-/m1/s1. The molecule has 2 saturated heterocycles. The van der Waals surface area contributed by atoms with E-state index >= 15 is 0 Å². The van der Waals surface area contributed by atoms with Crippen molar-refractivity contribution in [3.63, 3.8) is 0 Å². The number of likely N-dealkylation sites (tertiary alicyclic amines) is 2. The monoisotopic (exact) mass is 396 g/mol. The molecule has 2 aromatic heterocycles. The summed E-state index contributed by atoms with van der Waals surface area (Å²) < 4.78 is 0. The highest BCUT2D eigenvalue weighted by atomic mass is 16.1. The van der Waals surface area contributed by atoms with Gasteiger partial charge in [0.2, 0.25) is 5.91 Å². The molecule has 0 unspecified atom stereocenters. The van der Waals surface area contributed by atoms with Crippen molar-refractivity contribution in [2.24, 2.45) is 5.92 Å². The molecule has 1 atom stereocenters. The van der Waals surface area contributed by atoms with Crippen LogP contribution in [0.1, 0.15) is 37.1 Å². The third kappa shape index (κ3) is 5.64. The summed E-state index contributed by atoms with van der Waals surface area (Å²) in [5.74, 6) is 1.25. The molecule has 0 aliphatic carbocycles. The van der Waals surface area contributed by atoms with Crippen LogP contribution in [0.3, 0.4) is 0 Å². The summed E-state index contributed by atoms with van der Waals surface area (Å²) in [4.78, 5) is 29.2. The van der Waals surface area contributed by atoms with Gasteiger partial charge < -0.3 is 10.3 Å². The van der Waals surface area contributed by atoms with Gasteiger partial charge in [0.1, 0.15) is 5.82 Å². The number of hydrogen-bond donors (Lipinski definition) is 2. The van der Waals surface area contributed by atoms with Crippen LogP contribution in [-0.2, 0) is 17.8 Å². The van der Waals surface area contributed by atoms with Gasteiger partial charge >= 0.3 is 0 Å². The highest BCUT2D eigenvalue weighted by molar-refractivity contribution is 5.78. The highest BCUT2D eigenvalue weighted by Gasteiger charge is 2.31. The largest absolute Gasteiger partial charge is 0.355 e. The second kappa shape index (κ2) is 9.98. The smallest absolute Gasteiger partial charge is 0.224 e. The molecule has 2 aliphatic rings. The molecular weight excluding hydrogens is 364 g/mol. The van der Waals surface area contributed by atoms with Crippen LogP contribution in [0.4, 0.5) is 0 Å². The first-order valence-corrected chi connectivity index (χ1v) is 10.9. The molecule has 0 aromatic carbocycles.